The van der Waals surface area contributed by atoms with Crippen molar-refractivity contribution in [2.24, 2.45) is 0 Å². The molecule has 4 aromatic rings. The number of hydrogen-bond acceptors (Lipinski definition) is 10. The van der Waals surface area contributed by atoms with Crippen LogP contribution in [-0.4, -0.2) is 39.6 Å². The molecular formula is C26H14N8O8. The molecule has 0 aliphatic carbocycles. The van der Waals surface area contributed by atoms with Crippen molar-refractivity contribution < 1.29 is 19.7 Å². The second-order valence-corrected chi connectivity index (χ2v) is 9.03. The molecule has 0 saturated carbocycles. The van der Waals surface area contributed by atoms with Crippen LogP contribution in [0.4, 0.5) is 5.69 Å². The van der Waals surface area contributed by atoms with Crippen LogP contribution in [0.25, 0.3) is 44.7 Å². The number of aromatic amines is 2. The van der Waals surface area contributed by atoms with Crippen LogP contribution >= 0.6 is 0 Å². The molecule has 1 aromatic carbocycles. The first kappa shape index (κ1) is 25.7. The zero-order valence-corrected chi connectivity index (χ0v) is 20.9. The van der Waals surface area contributed by atoms with Crippen molar-refractivity contribution in [1.82, 2.24) is 19.9 Å². The lowest BCUT2D eigenvalue weighted by Crippen LogP contribution is -2.08. The summed E-state index contributed by atoms with van der Waals surface area (Å²) in [7, 11) is 0. The van der Waals surface area contributed by atoms with Crippen molar-refractivity contribution in [3.63, 3.8) is 0 Å². The summed E-state index contributed by atoms with van der Waals surface area (Å²) in [6.07, 6.45) is 0. The summed E-state index contributed by atoms with van der Waals surface area (Å²) in [6, 6.07) is 18.8. The standard InChI is InChI=1S/C26H14N8O8/c35-31(36)23-19-12-17-9-7-15(28-17)10-14-6-8-16(27-14)11-18-20(13-4-2-1-3-5-13)24(32(37)38)21(29-18)25(33(39)40)22(30-19)26(23)34(41)42/h1-12,27-28H. The number of nitrogens with zero attached hydrogens (tertiary/aromatic N) is 6. The Morgan fingerprint density at radius 1 is 0.524 bits per heavy atom. The molecule has 2 aliphatic heterocycles. The van der Waals surface area contributed by atoms with Crippen LogP contribution in [-0.2, 0) is 0 Å². The molecule has 206 valence electrons. The molecule has 6 rings (SSSR count). The smallest absolute Gasteiger partial charge is 0.355 e. The van der Waals surface area contributed by atoms with E-state index in [9.17, 15) is 40.5 Å². The summed E-state index contributed by atoms with van der Waals surface area (Å²) >= 11 is 0. The van der Waals surface area contributed by atoms with Crippen LogP contribution in [0.5, 0.6) is 0 Å². The highest BCUT2D eigenvalue weighted by Crippen LogP contribution is 2.43. The van der Waals surface area contributed by atoms with E-state index < -0.39 is 59.6 Å². The van der Waals surface area contributed by atoms with Gasteiger partial charge in [0.15, 0.2) is 5.69 Å². The summed E-state index contributed by atoms with van der Waals surface area (Å²) < 4.78 is 0. The van der Waals surface area contributed by atoms with Gasteiger partial charge in [0, 0.05) is 22.1 Å². The van der Waals surface area contributed by atoms with Crippen LogP contribution in [0.15, 0.2) is 72.8 Å². The third-order valence-corrected chi connectivity index (χ3v) is 6.47. The molecule has 16 heteroatoms. The van der Waals surface area contributed by atoms with Gasteiger partial charge in [-0.3, -0.25) is 40.5 Å². The van der Waals surface area contributed by atoms with Gasteiger partial charge in [0.05, 0.1) is 31.0 Å². The molecule has 8 bridgehead atoms. The van der Waals surface area contributed by atoms with Gasteiger partial charge in [-0.15, -0.1) is 0 Å². The Kier molecular flexibility index (Phi) is 5.85. The predicted octanol–water partition coefficient (Wildman–Crippen LogP) is 4.80. The molecule has 0 spiro atoms. The minimum Gasteiger partial charge on any atom is -0.355 e. The van der Waals surface area contributed by atoms with E-state index in [0.717, 1.165) is 6.07 Å². The highest BCUT2D eigenvalue weighted by molar-refractivity contribution is 6.00. The van der Waals surface area contributed by atoms with Crippen LogP contribution in [0.2, 0.25) is 0 Å². The number of nitro groups is 4. The lowest BCUT2D eigenvalue weighted by Gasteiger charge is -2.02. The van der Waals surface area contributed by atoms with Crippen molar-refractivity contribution in [2.75, 3.05) is 0 Å². The van der Waals surface area contributed by atoms with Gasteiger partial charge in [-0.2, -0.15) is 0 Å². The first-order valence-corrected chi connectivity index (χ1v) is 12.0. The number of fused-ring (bicyclic) bond motifs is 8. The maximum Gasteiger partial charge on any atom is 0.380 e. The molecule has 0 amide bonds. The van der Waals surface area contributed by atoms with Crippen LogP contribution in [0, 0.1) is 40.5 Å². The SMILES string of the molecule is O=[N+]([O-])C1=C([N+](=O)[O-])c2nc1cc1ccc(cc3ccc(cc4nc(c2[N+](=O)[O-])C([N+](=O)[O-])=C4c2ccccc2)[nH]3)[nH]1. The number of H-pyrrole nitrogens is 2. The molecule has 0 saturated heterocycles. The maximum absolute atomic E-state index is 12.5. The Bertz CT molecular complexity index is 2110. The van der Waals surface area contributed by atoms with Crippen LogP contribution in [0.3, 0.4) is 0 Å². The summed E-state index contributed by atoms with van der Waals surface area (Å²) in [5.74, 6) is 0. The summed E-state index contributed by atoms with van der Waals surface area (Å²) in [6.45, 7) is 0. The van der Waals surface area contributed by atoms with E-state index in [1.165, 1.54) is 24.3 Å². The van der Waals surface area contributed by atoms with Gasteiger partial charge in [0.1, 0.15) is 0 Å². The fourth-order valence-corrected chi connectivity index (χ4v) is 4.83. The Morgan fingerprint density at radius 2 is 1.00 bits per heavy atom. The molecule has 2 N–H and O–H groups in total. The maximum atomic E-state index is 12.5. The van der Waals surface area contributed by atoms with E-state index >= 15 is 0 Å². The van der Waals surface area contributed by atoms with Crippen molar-refractivity contribution in [1.29, 1.82) is 0 Å². The van der Waals surface area contributed by atoms with E-state index in [1.54, 1.807) is 42.5 Å². The normalized spacial score (nSPS) is 12.9. The average Bonchev–Trinajstić information content (AvgIpc) is 3.71. The van der Waals surface area contributed by atoms with E-state index in [2.05, 4.69) is 19.9 Å². The largest absolute Gasteiger partial charge is 0.380 e. The molecule has 2 aliphatic rings. The third kappa shape index (κ3) is 4.20. The minimum absolute atomic E-state index is 0.0552. The van der Waals surface area contributed by atoms with Gasteiger partial charge in [-0.05, 0) is 48.0 Å². The summed E-state index contributed by atoms with van der Waals surface area (Å²) in [5.41, 5.74) is -4.90. The molecule has 0 fully saturated rings. The number of benzene rings is 1. The van der Waals surface area contributed by atoms with E-state index in [1.807, 2.05) is 0 Å². The van der Waals surface area contributed by atoms with Gasteiger partial charge < -0.3 is 9.97 Å². The van der Waals surface area contributed by atoms with Crippen LogP contribution < -0.4 is 0 Å². The van der Waals surface area contributed by atoms with Gasteiger partial charge in [-0.1, -0.05) is 30.3 Å². The second-order valence-electron chi connectivity index (χ2n) is 9.03. The monoisotopic (exact) mass is 566 g/mol. The average molecular weight is 566 g/mol. The fraction of sp³-hybridized carbons (Fsp3) is 0. The highest BCUT2D eigenvalue weighted by Gasteiger charge is 2.48. The van der Waals surface area contributed by atoms with Crippen molar-refractivity contribution >= 4 is 50.4 Å². The van der Waals surface area contributed by atoms with Gasteiger partial charge >= 0.3 is 22.8 Å². The lowest BCUT2D eigenvalue weighted by molar-refractivity contribution is -0.408. The molecule has 5 heterocycles. The van der Waals surface area contributed by atoms with Crippen molar-refractivity contribution in [2.45, 2.75) is 0 Å². The van der Waals surface area contributed by atoms with Crippen LogP contribution in [0.1, 0.15) is 28.3 Å². The molecule has 16 nitrogen and oxygen atoms in total. The van der Waals surface area contributed by atoms with E-state index in [0.29, 0.717) is 16.6 Å². The first-order valence-electron chi connectivity index (χ1n) is 12.0. The van der Waals surface area contributed by atoms with Gasteiger partial charge in [0.25, 0.3) is 0 Å². The minimum atomic E-state index is -1.29. The fourth-order valence-electron chi connectivity index (χ4n) is 4.83. The van der Waals surface area contributed by atoms with Gasteiger partial charge in [-0.25, -0.2) is 9.97 Å². The Hall–Kier alpha value is -6.58. The molecule has 0 unspecified atom stereocenters. The zero-order valence-electron chi connectivity index (χ0n) is 20.9. The van der Waals surface area contributed by atoms with Crippen molar-refractivity contribution in [3.8, 4) is 0 Å². The molecular weight excluding hydrogens is 552 g/mol. The summed E-state index contributed by atoms with van der Waals surface area (Å²) in [5, 5.41) is 49.2. The van der Waals surface area contributed by atoms with Crippen molar-refractivity contribution in [3.05, 3.63) is 142 Å². The first-order chi connectivity index (χ1) is 20.1. The quantitative estimate of drug-likeness (QED) is 0.247. The topological polar surface area (TPSA) is 230 Å². The van der Waals surface area contributed by atoms with E-state index in [4.69, 9.17) is 0 Å². The Balaban J connectivity index is 1.89. The lowest BCUT2D eigenvalue weighted by atomic mass is 10.0. The number of rotatable bonds is 5. The Labute approximate surface area is 231 Å². The second kappa shape index (κ2) is 9.56. The molecule has 42 heavy (non-hydrogen) atoms. The molecule has 0 atom stereocenters. The Morgan fingerprint density at radius 3 is 1.52 bits per heavy atom. The molecule has 3 aromatic heterocycles. The third-order valence-electron chi connectivity index (χ3n) is 6.47. The number of nitrogens with one attached hydrogen (secondary N) is 2. The van der Waals surface area contributed by atoms with E-state index in [-0.39, 0.29) is 22.3 Å². The molecule has 0 radical (unpaired) electrons. The number of aromatic nitrogens is 4. The van der Waals surface area contributed by atoms with Gasteiger partial charge in [0.2, 0.25) is 11.4 Å². The predicted molar refractivity (Wildman–Crippen MR) is 148 cm³/mol. The zero-order chi connectivity index (χ0) is 29.7. The number of hydrogen-bond donors (Lipinski definition) is 2. The highest BCUT2D eigenvalue weighted by atomic mass is 16.6. The summed E-state index contributed by atoms with van der Waals surface area (Å²) in [4.78, 5) is 59.2.